The first-order chi connectivity index (χ1) is 11.4. The predicted octanol–water partition coefficient (Wildman–Crippen LogP) is 4.57. The molecule has 0 fully saturated rings. The monoisotopic (exact) mass is 325 g/mol. The molecule has 0 bridgehead atoms. The average molecular weight is 325 g/mol. The van der Waals surface area contributed by atoms with Crippen LogP contribution in [-0.2, 0) is 4.79 Å². The summed E-state index contributed by atoms with van der Waals surface area (Å²) in [6, 6.07) is 12.4. The second kappa shape index (κ2) is 8.00. The summed E-state index contributed by atoms with van der Waals surface area (Å²) in [5.41, 5.74) is 5.80. The summed E-state index contributed by atoms with van der Waals surface area (Å²) in [5, 5.41) is 3.07. The van der Waals surface area contributed by atoms with E-state index in [-0.39, 0.29) is 18.6 Å². The second-order valence-corrected chi connectivity index (χ2v) is 6.43. The van der Waals surface area contributed by atoms with Crippen LogP contribution in [0.15, 0.2) is 36.4 Å². The van der Waals surface area contributed by atoms with Gasteiger partial charge in [0.2, 0.25) is 0 Å². The molecule has 128 valence electrons. The van der Waals surface area contributed by atoms with Crippen LogP contribution >= 0.6 is 0 Å². The van der Waals surface area contributed by atoms with E-state index in [1.807, 2.05) is 32.0 Å². The van der Waals surface area contributed by atoms with Crippen molar-refractivity contribution in [2.24, 2.45) is 0 Å². The van der Waals surface area contributed by atoms with Gasteiger partial charge in [-0.25, -0.2) is 0 Å². The average Bonchev–Trinajstić information content (AvgIpc) is 2.56. The van der Waals surface area contributed by atoms with E-state index in [1.165, 1.54) is 11.1 Å². The maximum atomic E-state index is 12.3. The highest BCUT2D eigenvalue weighted by molar-refractivity contribution is 5.78. The molecule has 0 spiro atoms. The smallest absolute Gasteiger partial charge is 0.258 e. The number of amides is 1. The van der Waals surface area contributed by atoms with Crippen LogP contribution in [0.4, 0.5) is 0 Å². The maximum absolute atomic E-state index is 12.3. The lowest BCUT2D eigenvalue weighted by molar-refractivity contribution is -0.123. The van der Waals surface area contributed by atoms with Crippen molar-refractivity contribution in [2.45, 2.75) is 47.1 Å². The second-order valence-electron chi connectivity index (χ2n) is 6.43. The van der Waals surface area contributed by atoms with Crippen molar-refractivity contribution in [1.82, 2.24) is 5.32 Å². The Labute approximate surface area is 145 Å². The number of hydrogen-bond donors (Lipinski definition) is 1. The Morgan fingerprint density at radius 3 is 2.38 bits per heavy atom. The summed E-state index contributed by atoms with van der Waals surface area (Å²) in [5.74, 6) is 0.672. The molecule has 24 heavy (non-hydrogen) atoms. The molecule has 1 atom stereocenters. The van der Waals surface area contributed by atoms with Crippen LogP contribution in [0.1, 0.15) is 47.2 Å². The molecular weight excluding hydrogens is 298 g/mol. The Kier molecular flexibility index (Phi) is 6.02. The van der Waals surface area contributed by atoms with E-state index in [1.54, 1.807) is 0 Å². The lowest BCUT2D eigenvalue weighted by atomic mass is 9.99. The molecular formula is C21H27NO2. The lowest BCUT2D eigenvalue weighted by Gasteiger charge is -2.19. The number of nitrogens with one attached hydrogen (secondary N) is 1. The summed E-state index contributed by atoms with van der Waals surface area (Å²) < 4.78 is 5.69. The molecule has 2 aromatic carbocycles. The van der Waals surface area contributed by atoms with E-state index in [4.69, 9.17) is 4.74 Å². The van der Waals surface area contributed by atoms with Crippen molar-refractivity contribution < 1.29 is 9.53 Å². The Bertz CT molecular complexity index is 722. The molecule has 0 radical (unpaired) electrons. The highest BCUT2D eigenvalue weighted by Gasteiger charge is 2.14. The van der Waals surface area contributed by atoms with Gasteiger partial charge in [-0.3, -0.25) is 4.79 Å². The number of aryl methyl sites for hydroxylation is 4. The molecule has 0 aliphatic heterocycles. The minimum Gasteiger partial charge on any atom is -0.483 e. The third kappa shape index (κ3) is 4.60. The van der Waals surface area contributed by atoms with E-state index in [9.17, 15) is 4.79 Å². The largest absolute Gasteiger partial charge is 0.483 e. The number of carbonyl (C=O) groups excluding carboxylic acids is 1. The number of carbonyl (C=O) groups is 1. The number of rotatable bonds is 6. The SMILES string of the molecule is CCC(NC(=O)COc1cc(C)ccc1C)c1ccc(C)c(C)c1. The van der Waals surface area contributed by atoms with Crippen molar-refractivity contribution in [3.8, 4) is 5.75 Å². The zero-order valence-electron chi connectivity index (χ0n) is 15.3. The first-order valence-corrected chi connectivity index (χ1v) is 8.47. The van der Waals surface area contributed by atoms with Crippen molar-refractivity contribution in [3.05, 3.63) is 64.2 Å². The van der Waals surface area contributed by atoms with E-state index in [0.29, 0.717) is 0 Å². The standard InChI is InChI=1S/C21H27NO2/c1-6-19(18-10-9-15(3)17(5)12-18)22-21(23)13-24-20-11-14(2)7-8-16(20)4/h7-12,19H,6,13H2,1-5H3,(H,22,23). The van der Waals surface area contributed by atoms with Crippen LogP contribution in [0, 0.1) is 27.7 Å². The van der Waals surface area contributed by atoms with E-state index in [0.717, 1.165) is 28.9 Å². The van der Waals surface area contributed by atoms with Gasteiger partial charge in [0.05, 0.1) is 6.04 Å². The van der Waals surface area contributed by atoms with Crippen LogP contribution in [0.5, 0.6) is 5.75 Å². The number of benzene rings is 2. The normalized spacial score (nSPS) is 11.9. The summed E-state index contributed by atoms with van der Waals surface area (Å²) in [4.78, 5) is 12.3. The molecule has 0 aromatic heterocycles. The quantitative estimate of drug-likeness (QED) is 0.845. The van der Waals surface area contributed by atoms with Gasteiger partial charge < -0.3 is 10.1 Å². The molecule has 3 nitrogen and oxygen atoms in total. The van der Waals surface area contributed by atoms with Crippen LogP contribution in [0.25, 0.3) is 0 Å². The molecule has 0 saturated heterocycles. The Balaban J connectivity index is 1.99. The molecule has 1 N–H and O–H groups in total. The molecule has 2 rings (SSSR count). The molecule has 0 aliphatic carbocycles. The topological polar surface area (TPSA) is 38.3 Å². The fourth-order valence-electron chi connectivity index (χ4n) is 2.64. The zero-order chi connectivity index (χ0) is 17.7. The molecule has 0 saturated carbocycles. The molecule has 3 heteroatoms. The van der Waals surface area contributed by atoms with Gasteiger partial charge in [0.25, 0.3) is 5.91 Å². The third-order valence-electron chi connectivity index (χ3n) is 4.38. The van der Waals surface area contributed by atoms with E-state index >= 15 is 0 Å². The summed E-state index contributed by atoms with van der Waals surface area (Å²) in [7, 11) is 0. The van der Waals surface area contributed by atoms with E-state index in [2.05, 4.69) is 44.3 Å². The van der Waals surface area contributed by atoms with Gasteiger partial charge >= 0.3 is 0 Å². The van der Waals surface area contributed by atoms with Gasteiger partial charge in [0, 0.05) is 0 Å². The Morgan fingerprint density at radius 2 is 1.71 bits per heavy atom. The van der Waals surface area contributed by atoms with Gasteiger partial charge in [0.1, 0.15) is 5.75 Å². The molecule has 1 amide bonds. The van der Waals surface area contributed by atoms with Gasteiger partial charge in [0.15, 0.2) is 6.61 Å². The van der Waals surface area contributed by atoms with Crippen LogP contribution in [0.2, 0.25) is 0 Å². The molecule has 1 unspecified atom stereocenters. The minimum absolute atomic E-state index is 0.0130. The van der Waals surface area contributed by atoms with Crippen molar-refractivity contribution in [3.63, 3.8) is 0 Å². The van der Waals surface area contributed by atoms with Gasteiger partial charge in [-0.15, -0.1) is 0 Å². The van der Waals surface area contributed by atoms with Gasteiger partial charge in [-0.05, 0) is 68.0 Å². The van der Waals surface area contributed by atoms with Crippen molar-refractivity contribution >= 4 is 5.91 Å². The zero-order valence-corrected chi connectivity index (χ0v) is 15.3. The van der Waals surface area contributed by atoms with Gasteiger partial charge in [-0.1, -0.05) is 37.3 Å². The van der Waals surface area contributed by atoms with Crippen LogP contribution in [0.3, 0.4) is 0 Å². The fraction of sp³-hybridized carbons (Fsp3) is 0.381. The Hall–Kier alpha value is -2.29. The highest BCUT2D eigenvalue weighted by Crippen LogP contribution is 2.21. The molecule has 0 heterocycles. The first kappa shape index (κ1) is 18.1. The van der Waals surface area contributed by atoms with Gasteiger partial charge in [-0.2, -0.15) is 0 Å². The number of ether oxygens (including phenoxy) is 1. The Morgan fingerprint density at radius 1 is 1.00 bits per heavy atom. The molecule has 2 aromatic rings. The first-order valence-electron chi connectivity index (χ1n) is 8.47. The third-order valence-corrected chi connectivity index (χ3v) is 4.38. The summed E-state index contributed by atoms with van der Waals surface area (Å²) in [6.45, 7) is 10.3. The van der Waals surface area contributed by atoms with E-state index < -0.39 is 0 Å². The van der Waals surface area contributed by atoms with Crippen LogP contribution < -0.4 is 10.1 Å². The van der Waals surface area contributed by atoms with Crippen LogP contribution in [-0.4, -0.2) is 12.5 Å². The number of hydrogen-bond acceptors (Lipinski definition) is 2. The lowest BCUT2D eigenvalue weighted by Crippen LogP contribution is -2.32. The fourth-order valence-corrected chi connectivity index (χ4v) is 2.64. The van der Waals surface area contributed by atoms with Crippen molar-refractivity contribution in [1.29, 1.82) is 0 Å². The van der Waals surface area contributed by atoms with Crippen molar-refractivity contribution in [2.75, 3.05) is 6.61 Å². The maximum Gasteiger partial charge on any atom is 0.258 e. The minimum atomic E-state index is -0.0963. The highest BCUT2D eigenvalue weighted by atomic mass is 16.5. The molecule has 0 aliphatic rings. The predicted molar refractivity (Wildman–Crippen MR) is 98.5 cm³/mol. The summed E-state index contributed by atoms with van der Waals surface area (Å²) >= 11 is 0. The summed E-state index contributed by atoms with van der Waals surface area (Å²) in [6.07, 6.45) is 0.845.